The summed E-state index contributed by atoms with van der Waals surface area (Å²) in [5, 5.41) is 3.44. The Kier molecular flexibility index (Phi) is 4.21. The van der Waals surface area contributed by atoms with Gasteiger partial charge in [-0.05, 0) is 37.1 Å². The molecule has 2 heterocycles. The Morgan fingerprint density at radius 2 is 2.04 bits per heavy atom. The number of oxazole rings is 1. The molecule has 3 aromatic rings. The lowest BCUT2D eigenvalue weighted by atomic mass is 10.1. The second kappa shape index (κ2) is 6.67. The number of fused-ring (bicyclic) bond motifs is 1. The van der Waals surface area contributed by atoms with Crippen LogP contribution >= 0.6 is 0 Å². The highest BCUT2D eigenvalue weighted by Crippen LogP contribution is 2.32. The van der Waals surface area contributed by atoms with E-state index in [4.69, 9.17) is 4.42 Å². The third kappa shape index (κ3) is 3.08. The summed E-state index contributed by atoms with van der Waals surface area (Å²) in [4.78, 5) is 17.9. The molecule has 1 N–H and O–H groups in total. The summed E-state index contributed by atoms with van der Waals surface area (Å²) in [7, 11) is 0. The van der Waals surface area contributed by atoms with E-state index in [9.17, 15) is 4.79 Å². The second-order valence-electron chi connectivity index (χ2n) is 6.56. The van der Waals surface area contributed by atoms with E-state index in [1.807, 2.05) is 54.3 Å². The zero-order chi connectivity index (χ0) is 18.1. The topological polar surface area (TPSA) is 58.4 Å². The molecule has 1 unspecified atom stereocenters. The van der Waals surface area contributed by atoms with E-state index >= 15 is 0 Å². The summed E-state index contributed by atoms with van der Waals surface area (Å²) in [5.74, 6) is 1.50. The number of hydrogen-bond donors (Lipinski definition) is 1. The van der Waals surface area contributed by atoms with Crippen molar-refractivity contribution in [2.24, 2.45) is 0 Å². The monoisotopic (exact) mass is 347 g/mol. The molecule has 0 saturated heterocycles. The third-order valence-electron chi connectivity index (χ3n) is 4.69. The molecule has 1 amide bonds. The predicted octanol–water partition coefficient (Wildman–Crippen LogP) is 4.42. The van der Waals surface area contributed by atoms with E-state index in [-0.39, 0.29) is 11.9 Å². The van der Waals surface area contributed by atoms with Gasteiger partial charge in [0.1, 0.15) is 6.04 Å². The van der Waals surface area contributed by atoms with Gasteiger partial charge >= 0.3 is 0 Å². The lowest BCUT2D eigenvalue weighted by molar-refractivity contribution is -0.116. The molecule has 2 aromatic carbocycles. The number of amides is 1. The van der Waals surface area contributed by atoms with Gasteiger partial charge in [-0.3, -0.25) is 4.79 Å². The average molecular weight is 347 g/mol. The molecule has 132 valence electrons. The van der Waals surface area contributed by atoms with E-state index in [1.54, 1.807) is 13.1 Å². The molecule has 0 fully saturated rings. The molecule has 0 saturated carbocycles. The number of benzene rings is 2. The van der Waals surface area contributed by atoms with Gasteiger partial charge in [0.2, 0.25) is 11.8 Å². The van der Waals surface area contributed by atoms with Crippen molar-refractivity contribution in [1.82, 2.24) is 4.98 Å². The highest BCUT2D eigenvalue weighted by Gasteiger charge is 2.22. The number of aromatic nitrogens is 1. The normalized spacial score (nSPS) is 14.2. The summed E-state index contributed by atoms with van der Waals surface area (Å²) in [6.07, 6.45) is 2.65. The number of hydrogen-bond acceptors (Lipinski definition) is 4. The highest BCUT2D eigenvalue weighted by molar-refractivity contribution is 5.94. The van der Waals surface area contributed by atoms with Crippen LogP contribution in [0.2, 0.25) is 0 Å². The van der Waals surface area contributed by atoms with Gasteiger partial charge in [0.25, 0.3) is 0 Å². The number of carbonyl (C=O) groups is 1. The molecule has 26 heavy (non-hydrogen) atoms. The molecule has 0 spiro atoms. The molecule has 0 bridgehead atoms. The van der Waals surface area contributed by atoms with E-state index < -0.39 is 0 Å². The van der Waals surface area contributed by atoms with E-state index in [0.29, 0.717) is 5.89 Å². The van der Waals surface area contributed by atoms with Crippen molar-refractivity contribution < 1.29 is 9.21 Å². The average Bonchev–Trinajstić information content (AvgIpc) is 3.29. The largest absolute Gasteiger partial charge is 0.438 e. The van der Waals surface area contributed by atoms with Gasteiger partial charge in [0.05, 0.1) is 6.20 Å². The van der Waals surface area contributed by atoms with Crippen LogP contribution in [0.4, 0.5) is 11.4 Å². The standard InChI is InChI=1S/C21H21N3O2/c1-14(21-22-13-20(26-21)16-6-4-3-5-7-16)23-18-8-9-19-17(12-18)10-11-24(19)15(2)25/h3-9,12-14,23H,10-11H2,1-2H3. The van der Waals surface area contributed by atoms with Gasteiger partial charge < -0.3 is 14.6 Å². The van der Waals surface area contributed by atoms with Crippen LogP contribution in [0.1, 0.15) is 31.3 Å². The zero-order valence-electron chi connectivity index (χ0n) is 14.9. The number of nitrogens with zero attached hydrogens (tertiary/aromatic N) is 2. The fourth-order valence-corrected chi connectivity index (χ4v) is 3.35. The Labute approximate surface area is 152 Å². The van der Waals surface area contributed by atoms with Crippen molar-refractivity contribution in [1.29, 1.82) is 0 Å². The molecule has 1 aromatic heterocycles. The quantitative estimate of drug-likeness (QED) is 0.759. The SMILES string of the molecule is CC(=O)N1CCc2cc(NC(C)c3ncc(-c4ccccc4)o3)ccc21. The number of carbonyl (C=O) groups excluding carboxylic acids is 1. The van der Waals surface area contributed by atoms with Gasteiger partial charge in [0, 0.05) is 30.4 Å². The second-order valence-corrected chi connectivity index (χ2v) is 6.56. The molecule has 1 aliphatic rings. The van der Waals surface area contributed by atoms with Gasteiger partial charge in [-0.1, -0.05) is 30.3 Å². The molecule has 1 aliphatic heterocycles. The first kappa shape index (κ1) is 16.4. The molecular formula is C21H21N3O2. The van der Waals surface area contributed by atoms with Crippen LogP contribution in [-0.4, -0.2) is 17.4 Å². The molecule has 0 aliphatic carbocycles. The summed E-state index contributed by atoms with van der Waals surface area (Å²) >= 11 is 0. The maximum absolute atomic E-state index is 11.7. The Balaban J connectivity index is 1.50. The number of nitrogens with one attached hydrogen (secondary N) is 1. The maximum atomic E-state index is 11.7. The molecule has 0 radical (unpaired) electrons. The van der Waals surface area contributed by atoms with Crippen LogP contribution < -0.4 is 10.2 Å². The van der Waals surface area contributed by atoms with Crippen LogP contribution in [0.3, 0.4) is 0 Å². The fourth-order valence-electron chi connectivity index (χ4n) is 3.35. The number of rotatable bonds is 4. The molecular weight excluding hydrogens is 326 g/mol. The Bertz CT molecular complexity index is 933. The van der Waals surface area contributed by atoms with Crippen molar-refractivity contribution in [2.45, 2.75) is 26.3 Å². The number of anilines is 2. The Hall–Kier alpha value is -3.08. The van der Waals surface area contributed by atoms with Crippen LogP contribution in [-0.2, 0) is 11.2 Å². The van der Waals surface area contributed by atoms with Crippen LogP contribution in [0.15, 0.2) is 59.1 Å². The molecule has 4 rings (SSSR count). The minimum Gasteiger partial charge on any atom is -0.438 e. The Morgan fingerprint density at radius 1 is 1.23 bits per heavy atom. The summed E-state index contributed by atoms with van der Waals surface area (Å²) < 4.78 is 5.92. The summed E-state index contributed by atoms with van der Waals surface area (Å²) in [6, 6.07) is 16.0. The molecule has 1 atom stereocenters. The molecule has 5 heteroatoms. The van der Waals surface area contributed by atoms with E-state index in [1.165, 1.54) is 5.56 Å². The highest BCUT2D eigenvalue weighted by atomic mass is 16.4. The third-order valence-corrected chi connectivity index (χ3v) is 4.69. The minimum absolute atomic E-state index is 0.0594. The maximum Gasteiger partial charge on any atom is 0.223 e. The lowest BCUT2D eigenvalue weighted by Crippen LogP contribution is -2.25. The van der Waals surface area contributed by atoms with Crippen molar-refractivity contribution in [2.75, 3.05) is 16.8 Å². The molecule has 5 nitrogen and oxygen atoms in total. The fraction of sp³-hybridized carbons (Fsp3) is 0.238. The van der Waals surface area contributed by atoms with E-state index in [2.05, 4.69) is 16.4 Å². The van der Waals surface area contributed by atoms with Crippen LogP contribution in [0.5, 0.6) is 0 Å². The lowest BCUT2D eigenvalue weighted by Gasteiger charge is -2.16. The first-order valence-electron chi connectivity index (χ1n) is 8.80. The van der Waals surface area contributed by atoms with E-state index in [0.717, 1.165) is 35.7 Å². The zero-order valence-corrected chi connectivity index (χ0v) is 14.9. The van der Waals surface area contributed by atoms with Gasteiger partial charge in [-0.15, -0.1) is 0 Å². The smallest absolute Gasteiger partial charge is 0.223 e. The van der Waals surface area contributed by atoms with Crippen LogP contribution in [0.25, 0.3) is 11.3 Å². The predicted molar refractivity (Wildman–Crippen MR) is 102 cm³/mol. The van der Waals surface area contributed by atoms with Gasteiger partial charge in [-0.2, -0.15) is 0 Å². The Morgan fingerprint density at radius 3 is 2.81 bits per heavy atom. The first-order valence-corrected chi connectivity index (χ1v) is 8.80. The van der Waals surface area contributed by atoms with Gasteiger partial charge in [-0.25, -0.2) is 4.98 Å². The first-order chi connectivity index (χ1) is 12.6. The van der Waals surface area contributed by atoms with Crippen molar-refractivity contribution in [3.8, 4) is 11.3 Å². The van der Waals surface area contributed by atoms with Crippen molar-refractivity contribution in [3.63, 3.8) is 0 Å². The minimum atomic E-state index is -0.0594. The van der Waals surface area contributed by atoms with Gasteiger partial charge in [0.15, 0.2) is 5.76 Å². The van der Waals surface area contributed by atoms with Crippen molar-refractivity contribution in [3.05, 3.63) is 66.2 Å². The summed E-state index contributed by atoms with van der Waals surface area (Å²) in [6.45, 7) is 4.38. The van der Waals surface area contributed by atoms with Crippen LogP contribution in [0, 0.1) is 0 Å². The van der Waals surface area contributed by atoms with Crippen molar-refractivity contribution >= 4 is 17.3 Å². The summed E-state index contributed by atoms with van der Waals surface area (Å²) in [5.41, 5.74) is 4.22.